The van der Waals surface area contributed by atoms with Gasteiger partial charge in [-0.1, -0.05) is 96.6 Å². The lowest BCUT2D eigenvalue weighted by Gasteiger charge is -2.11. The largest absolute Gasteiger partial charge is 1.00 e. The number of benzene rings is 3. The lowest BCUT2D eigenvalue weighted by atomic mass is 9.95. The Morgan fingerprint density at radius 1 is 0.654 bits per heavy atom. The van der Waals surface area contributed by atoms with Crippen LogP contribution in [-0.4, -0.2) is 6.04 Å². The molecule has 26 heavy (non-hydrogen) atoms. The number of rotatable bonds is 7. The zero-order valence-electron chi connectivity index (χ0n) is 15.0. The van der Waals surface area contributed by atoms with Gasteiger partial charge in [0.05, 0.1) is 0 Å². The third-order valence-corrected chi connectivity index (χ3v) is 4.36. The molecule has 0 radical (unpaired) electrons. The third kappa shape index (κ3) is 6.51. The average Bonchev–Trinajstić information content (AvgIpc) is 2.64. The Labute approximate surface area is 163 Å². The van der Waals surface area contributed by atoms with Crippen LogP contribution >= 0.6 is 0 Å². The van der Waals surface area contributed by atoms with Crippen LogP contribution in [0.2, 0.25) is 0 Å². The highest BCUT2D eigenvalue weighted by Gasteiger charge is 2.08. The highest BCUT2D eigenvalue weighted by molar-refractivity contribution is 5.28. The fraction of sp³-hybridized carbons (Fsp3) is 0.167. The second-order valence-corrected chi connectivity index (χ2v) is 6.60. The first-order valence-corrected chi connectivity index (χ1v) is 8.94. The number of allylic oxidation sites excluding steroid dienone is 1. The number of hydrogen-bond donors (Lipinski definition) is 1. The van der Waals surface area contributed by atoms with E-state index < -0.39 is 0 Å². The topological polar surface area (TPSA) is 27.6 Å². The van der Waals surface area contributed by atoms with E-state index in [0.717, 1.165) is 19.3 Å². The predicted octanol–water partition coefficient (Wildman–Crippen LogP) is 1.26. The van der Waals surface area contributed by atoms with E-state index in [9.17, 15) is 0 Å². The summed E-state index contributed by atoms with van der Waals surface area (Å²) >= 11 is 0. The van der Waals surface area contributed by atoms with Crippen LogP contribution in [0.15, 0.2) is 103 Å². The van der Waals surface area contributed by atoms with Crippen molar-refractivity contribution in [2.75, 3.05) is 0 Å². The van der Waals surface area contributed by atoms with Crippen LogP contribution in [0, 0.1) is 0 Å². The van der Waals surface area contributed by atoms with Crippen molar-refractivity contribution in [2.45, 2.75) is 25.3 Å². The van der Waals surface area contributed by atoms with Gasteiger partial charge in [0.1, 0.15) is 6.04 Å². The molecule has 0 aliphatic rings. The van der Waals surface area contributed by atoms with Crippen LogP contribution in [0.1, 0.15) is 16.7 Å². The van der Waals surface area contributed by atoms with E-state index in [2.05, 4.69) is 103 Å². The predicted molar refractivity (Wildman–Crippen MR) is 105 cm³/mol. The molecule has 0 aliphatic carbocycles. The molecule has 3 aromatic carbocycles. The number of quaternary nitrogens is 1. The van der Waals surface area contributed by atoms with Gasteiger partial charge in [-0.15, -0.1) is 0 Å². The minimum atomic E-state index is 0. The zero-order valence-corrected chi connectivity index (χ0v) is 15.8. The standard InChI is InChI=1S/C24H25N.ClH/c25-24(18-22-14-8-3-9-15-22)19-23(16-20-10-4-1-5-11-20)17-21-12-6-2-7-13-21;/h1-15,19,24H,16-18,25H2;1H. The second-order valence-electron chi connectivity index (χ2n) is 6.60. The molecule has 1 nitrogen and oxygen atoms in total. The molecule has 0 bridgehead atoms. The maximum atomic E-state index is 4.38. The molecule has 0 aromatic heterocycles. The summed E-state index contributed by atoms with van der Waals surface area (Å²) in [5.41, 5.74) is 9.88. The molecule has 3 rings (SSSR count). The van der Waals surface area contributed by atoms with Crippen LogP contribution in [0.4, 0.5) is 0 Å². The molecule has 1 unspecified atom stereocenters. The molecule has 0 saturated heterocycles. The van der Waals surface area contributed by atoms with Gasteiger partial charge in [0, 0.05) is 6.42 Å². The first kappa shape index (κ1) is 20.0. The fourth-order valence-corrected chi connectivity index (χ4v) is 3.21. The van der Waals surface area contributed by atoms with Crippen LogP contribution in [0.5, 0.6) is 0 Å². The zero-order chi connectivity index (χ0) is 17.3. The third-order valence-electron chi connectivity index (χ3n) is 4.36. The molecule has 134 valence electrons. The van der Waals surface area contributed by atoms with Crippen molar-refractivity contribution < 1.29 is 18.1 Å². The van der Waals surface area contributed by atoms with Gasteiger partial charge in [-0.05, 0) is 35.6 Å². The summed E-state index contributed by atoms with van der Waals surface area (Å²) in [5, 5.41) is 0. The summed E-state index contributed by atoms with van der Waals surface area (Å²) in [7, 11) is 0. The van der Waals surface area contributed by atoms with E-state index in [0.29, 0.717) is 0 Å². The molecule has 3 aromatic rings. The first-order chi connectivity index (χ1) is 12.3. The van der Waals surface area contributed by atoms with Crippen molar-refractivity contribution in [1.29, 1.82) is 0 Å². The quantitative estimate of drug-likeness (QED) is 0.612. The molecule has 0 fully saturated rings. The molecule has 0 aliphatic heterocycles. The van der Waals surface area contributed by atoms with Crippen LogP contribution in [0.3, 0.4) is 0 Å². The minimum Gasteiger partial charge on any atom is -1.00 e. The van der Waals surface area contributed by atoms with Gasteiger partial charge in [-0.3, -0.25) is 0 Å². The Bertz CT molecular complexity index is 739. The molecule has 1 atom stereocenters. The van der Waals surface area contributed by atoms with Gasteiger partial charge in [0.15, 0.2) is 0 Å². The molecular formula is C24H26ClN. The first-order valence-electron chi connectivity index (χ1n) is 8.94. The summed E-state index contributed by atoms with van der Waals surface area (Å²) in [4.78, 5) is 0. The number of hydrogen-bond acceptors (Lipinski definition) is 0. The minimum absolute atomic E-state index is 0. The maximum absolute atomic E-state index is 4.38. The van der Waals surface area contributed by atoms with Gasteiger partial charge in [-0.25, -0.2) is 0 Å². The Balaban J connectivity index is 0.00000243. The smallest absolute Gasteiger partial charge is 0.107 e. The lowest BCUT2D eigenvalue weighted by Crippen LogP contribution is -3.00. The van der Waals surface area contributed by atoms with Crippen LogP contribution in [0.25, 0.3) is 0 Å². The van der Waals surface area contributed by atoms with Crippen molar-refractivity contribution in [2.24, 2.45) is 0 Å². The van der Waals surface area contributed by atoms with E-state index >= 15 is 0 Å². The summed E-state index contributed by atoms with van der Waals surface area (Å²) < 4.78 is 0. The summed E-state index contributed by atoms with van der Waals surface area (Å²) in [5.74, 6) is 0. The fourth-order valence-electron chi connectivity index (χ4n) is 3.21. The van der Waals surface area contributed by atoms with Gasteiger partial charge in [-0.2, -0.15) is 0 Å². The maximum Gasteiger partial charge on any atom is 0.107 e. The van der Waals surface area contributed by atoms with Crippen LogP contribution in [-0.2, 0) is 19.3 Å². The lowest BCUT2D eigenvalue weighted by molar-refractivity contribution is -0.402. The van der Waals surface area contributed by atoms with E-state index in [1.165, 1.54) is 22.3 Å². The van der Waals surface area contributed by atoms with E-state index in [4.69, 9.17) is 0 Å². The SMILES string of the molecule is [Cl-].[NH3+]C(C=C(Cc1ccccc1)Cc1ccccc1)Cc1ccccc1. The van der Waals surface area contributed by atoms with Gasteiger partial charge in [0.2, 0.25) is 0 Å². The van der Waals surface area contributed by atoms with E-state index in [1.807, 2.05) is 0 Å². The summed E-state index contributed by atoms with van der Waals surface area (Å²) in [6, 6.07) is 32.3. The van der Waals surface area contributed by atoms with Crippen molar-refractivity contribution in [1.82, 2.24) is 0 Å². The van der Waals surface area contributed by atoms with Gasteiger partial charge in [0.25, 0.3) is 0 Å². The normalized spacial score (nSPS) is 11.3. The molecular weight excluding hydrogens is 338 g/mol. The highest BCUT2D eigenvalue weighted by atomic mass is 35.5. The summed E-state index contributed by atoms with van der Waals surface area (Å²) in [6.45, 7) is 0. The van der Waals surface area contributed by atoms with Crippen molar-refractivity contribution in [3.8, 4) is 0 Å². The van der Waals surface area contributed by atoms with E-state index in [-0.39, 0.29) is 18.4 Å². The van der Waals surface area contributed by atoms with E-state index in [1.54, 1.807) is 0 Å². The molecule has 0 spiro atoms. The van der Waals surface area contributed by atoms with Crippen LogP contribution < -0.4 is 18.1 Å². The Hall–Kier alpha value is -2.35. The average molecular weight is 364 g/mol. The monoisotopic (exact) mass is 363 g/mol. The second kappa shape index (κ2) is 10.6. The number of halogens is 1. The Morgan fingerprint density at radius 2 is 1.04 bits per heavy atom. The summed E-state index contributed by atoms with van der Waals surface area (Å²) in [6.07, 6.45) is 5.31. The molecule has 0 heterocycles. The van der Waals surface area contributed by atoms with Gasteiger partial charge < -0.3 is 18.1 Å². The molecule has 2 heteroatoms. The van der Waals surface area contributed by atoms with Crippen molar-refractivity contribution in [3.63, 3.8) is 0 Å². The molecule has 0 saturated carbocycles. The molecule has 0 amide bonds. The molecule has 3 N–H and O–H groups in total. The highest BCUT2D eigenvalue weighted by Crippen LogP contribution is 2.15. The van der Waals surface area contributed by atoms with Crippen molar-refractivity contribution in [3.05, 3.63) is 119 Å². The Kier molecular flexibility index (Phi) is 8.14. The Morgan fingerprint density at radius 3 is 1.46 bits per heavy atom. The van der Waals surface area contributed by atoms with Gasteiger partial charge >= 0.3 is 0 Å². The van der Waals surface area contributed by atoms with Crippen molar-refractivity contribution >= 4 is 0 Å².